The normalized spacial score (nSPS) is 21.8. The standard InChI is InChI=1S/C19H38N4O.HI/c1-17(15-23-11-6-7-12-23)14-21-18(20-2)22-16-19(10-13-24-3)8-4-5-9-19;/h17H,4-16H2,1-3H3,(H2,20,21,22);1H. The van der Waals surface area contributed by atoms with Gasteiger partial charge in [-0.3, -0.25) is 4.99 Å². The van der Waals surface area contributed by atoms with E-state index < -0.39 is 0 Å². The molecule has 1 saturated carbocycles. The smallest absolute Gasteiger partial charge is 0.191 e. The van der Waals surface area contributed by atoms with Crippen LogP contribution >= 0.6 is 24.0 Å². The largest absolute Gasteiger partial charge is 0.385 e. The Hall–Kier alpha value is -0.0800. The molecule has 2 fully saturated rings. The lowest BCUT2D eigenvalue weighted by atomic mass is 9.83. The molecule has 0 bridgehead atoms. The van der Waals surface area contributed by atoms with Crippen LogP contribution in [0.4, 0.5) is 0 Å². The number of halogens is 1. The molecule has 5 nitrogen and oxygen atoms in total. The first kappa shape index (κ1) is 23.0. The minimum atomic E-state index is 0. The highest BCUT2D eigenvalue weighted by Crippen LogP contribution is 2.40. The molecule has 1 unspecified atom stereocenters. The van der Waals surface area contributed by atoms with Crippen LogP contribution in [0.25, 0.3) is 0 Å². The number of ether oxygens (including phenoxy) is 1. The van der Waals surface area contributed by atoms with Gasteiger partial charge >= 0.3 is 0 Å². The van der Waals surface area contributed by atoms with Crippen molar-refractivity contribution in [3.63, 3.8) is 0 Å². The maximum atomic E-state index is 5.33. The molecule has 1 aliphatic heterocycles. The summed E-state index contributed by atoms with van der Waals surface area (Å²) in [4.78, 5) is 7.00. The summed E-state index contributed by atoms with van der Waals surface area (Å²) in [6, 6.07) is 0. The number of guanidine groups is 1. The quantitative estimate of drug-likeness (QED) is 0.312. The van der Waals surface area contributed by atoms with Crippen molar-refractivity contribution in [2.24, 2.45) is 16.3 Å². The van der Waals surface area contributed by atoms with Crippen molar-refractivity contribution in [1.29, 1.82) is 0 Å². The van der Waals surface area contributed by atoms with Gasteiger partial charge in [-0.1, -0.05) is 19.8 Å². The first-order chi connectivity index (χ1) is 11.7. The second-order valence-corrected chi connectivity index (χ2v) is 7.87. The molecule has 2 N–H and O–H groups in total. The second kappa shape index (κ2) is 12.3. The van der Waals surface area contributed by atoms with E-state index in [4.69, 9.17) is 4.74 Å². The number of hydrogen-bond donors (Lipinski definition) is 2. The molecular weight excluding hydrogens is 427 g/mol. The fourth-order valence-corrected chi connectivity index (χ4v) is 4.19. The predicted molar refractivity (Wildman–Crippen MR) is 117 cm³/mol. The molecule has 1 atom stereocenters. The van der Waals surface area contributed by atoms with Gasteiger partial charge in [0.15, 0.2) is 5.96 Å². The van der Waals surface area contributed by atoms with E-state index in [1.807, 2.05) is 7.05 Å². The molecule has 0 aromatic carbocycles. The first-order valence-electron chi connectivity index (χ1n) is 9.83. The molecule has 0 amide bonds. The average Bonchev–Trinajstić information content (AvgIpc) is 3.25. The summed E-state index contributed by atoms with van der Waals surface area (Å²) < 4.78 is 5.33. The Labute approximate surface area is 171 Å². The molecule has 0 aromatic heterocycles. The number of nitrogens with zero attached hydrogens (tertiary/aromatic N) is 2. The number of aliphatic imine (C=N–C) groups is 1. The summed E-state index contributed by atoms with van der Waals surface area (Å²) in [6.07, 6.45) is 9.21. The monoisotopic (exact) mass is 466 g/mol. The Kier molecular flexibility index (Phi) is 11.3. The van der Waals surface area contributed by atoms with Crippen molar-refractivity contribution in [3.05, 3.63) is 0 Å². The molecule has 2 rings (SSSR count). The Morgan fingerprint density at radius 3 is 2.44 bits per heavy atom. The molecule has 1 aliphatic carbocycles. The number of hydrogen-bond acceptors (Lipinski definition) is 3. The minimum Gasteiger partial charge on any atom is -0.385 e. The summed E-state index contributed by atoms with van der Waals surface area (Å²) >= 11 is 0. The Morgan fingerprint density at radius 1 is 1.16 bits per heavy atom. The maximum absolute atomic E-state index is 5.33. The summed E-state index contributed by atoms with van der Waals surface area (Å²) in [6.45, 7) is 8.94. The van der Waals surface area contributed by atoms with E-state index in [0.717, 1.165) is 32.1 Å². The van der Waals surface area contributed by atoms with Crippen molar-refractivity contribution in [2.75, 3.05) is 53.5 Å². The zero-order chi connectivity index (χ0) is 17.3. The maximum Gasteiger partial charge on any atom is 0.191 e. The van der Waals surface area contributed by atoms with Crippen LogP contribution in [0.15, 0.2) is 4.99 Å². The molecule has 6 heteroatoms. The van der Waals surface area contributed by atoms with Crippen molar-refractivity contribution >= 4 is 29.9 Å². The van der Waals surface area contributed by atoms with Gasteiger partial charge in [-0.2, -0.15) is 0 Å². The van der Waals surface area contributed by atoms with Gasteiger partial charge in [-0.05, 0) is 56.5 Å². The third kappa shape index (κ3) is 7.99. The van der Waals surface area contributed by atoms with Crippen LogP contribution in [0.1, 0.15) is 51.9 Å². The van der Waals surface area contributed by atoms with Crippen molar-refractivity contribution in [3.8, 4) is 0 Å². The molecule has 0 aromatic rings. The average molecular weight is 466 g/mol. The number of likely N-dealkylation sites (tertiary alicyclic amines) is 1. The van der Waals surface area contributed by atoms with Crippen LogP contribution in [0.2, 0.25) is 0 Å². The molecule has 0 spiro atoms. The summed E-state index contributed by atoms with van der Waals surface area (Å²) in [5.41, 5.74) is 0.398. The zero-order valence-corrected chi connectivity index (χ0v) is 18.8. The Bertz CT molecular complexity index is 380. The van der Waals surface area contributed by atoms with Crippen LogP contribution < -0.4 is 10.6 Å². The van der Waals surface area contributed by atoms with E-state index >= 15 is 0 Å². The van der Waals surface area contributed by atoms with Gasteiger partial charge < -0.3 is 20.3 Å². The molecule has 25 heavy (non-hydrogen) atoms. The molecule has 1 saturated heterocycles. The van der Waals surface area contributed by atoms with Crippen LogP contribution in [-0.4, -0.2) is 64.3 Å². The van der Waals surface area contributed by atoms with E-state index in [9.17, 15) is 0 Å². The van der Waals surface area contributed by atoms with Crippen LogP contribution in [-0.2, 0) is 4.74 Å². The number of nitrogens with one attached hydrogen (secondary N) is 2. The fourth-order valence-electron chi connectivity index (χ4n) is 4.19. The molecule has 148 valence electrons. The highest BCUT2D eigenvalue weighted by Gasteiger charge is 2.33. The second-order valence-electron chi connectivity index (χ2n) is 7.87. The lowest BCUT2D eigenvalue weighted by molar-refractivity contribution is 0.138. The van der Waals surface area contributed by atoms with Crippen LogP contribution in [0, 0.1) is 11.3 Å². The van der Waals surface area contributed by atoms with E-state index in [1.54, 1.807) is 7.11 Å². The van der Waals surface area contributed by atoms with Gasteiger partial charge in [0.05, 0.1) is 0 Å². The SMILES string of the molecule is CN=C(NCC(C)CN1CCCC1)NCC1(CCOC)CCCC1.I. The summed E-state index contributed by atoms with van der Waals surface area (Å²) in [5.74, 6) is 1.60. The minimum absolute atomic E-state index is 0. The Morgan fingerprint density at radius 2 is 1.84 bits per heavy atom. The number of rotatable bonds is 9. The van der Waals surface area contributed by atoms with Gasteiger partial charge in [-0.15, -0.1) is 24.0 Å². The third-order valence-electron chi connectivity index (χ3n) is 5.74. The topological polar surface area (TPSA) is 48.9 Å². The zero-order valence-electron chi connectivity index (χ0n) is 16.5. The van der Waals surface area contributed by atoms with Gasteiger partial charge in [0, 0.05) is 40.4 Å². The van der Waals surface area contributed by atoms with Crippen molar-refractivity contribution in [2.45, 2.75) is 51.9 Å². The lowest BCUT2D eigenvalue weighted by Gasteiger charge is -2.30. The van der Waals surface area contributed by atoms with Crippen LogP contribution in [0.3, 0.4) is 0 Å². The number of methoxy groups -OCH3 is 1. The van der Waals surface area contributed by atoms with Gasteiger partial charge in [0.2, 0.25) is 0 Å². The third-order valence-corrected chi connectivity index (χ3v) is 5.74. The molecule has 0 radical (unpaired) electrons. The Balaban J connectivity index is 0.00000312. The van der Waals surface area contributed by atoms with Gasteiger partial charge in [-0.25, -0.2) is 0 Å². The molecule has 1 heterocycles. The van der Waals surface area contributed by atoms with E-state index in [1.165, 1.54) is 58.2 Å². The van der Waals surface area contributed by atoms with Gasteiger partial charge in [0.1, 0.15) is 0 Å². The highest BCUT2D eigenvalue weighted by molar-refractivity contribution is 14.0. The predicted octanol–water partition coefficient (Wildman–Crippen LogP) is 3.10. The van der Waals surface area contributed by atoms with Crippen LogP contribution in [0.5, 0.6) is 0 Å². The molecule has 2 aliphatic rings. The van der Waals surface area contributed by atoms with Crippen molar-refractivity contribution < 1.29 is 4.74 Å². The van der Waals surface area contributed by atoms with Gasteiger partial charge in [0.25, 0.3) is 0 Å². The van der Waals surface area contributed by atoms with E-state index in [0.29, 0.717) is 11.3 Å². The van der Waals surface area contributed by atoms with Crippen molar-refractivity contribution in [1.82, 2.24) is 15.5 Å². The summed E-state index contributed by atoms with van der Waals surface area (Å²) in [7, 11) is 3.68. The van der Waals surface area contributed by atoms with E-state index in [-0.39, 0.29) is 24.0 Å². The fraction of sp³-hybridized carbons (Fsp3) is 0.947. The lowest BCUT2D eigenvalue weighted by Crippen LogP contribution is -2.45. The molecular formula is C19H39IN4O. The summed E-state index contributed by atoms with van der Waals surface area (Å²) in [5, 5.41) is 7.10. The van der Waals surface area contributed by atoms with E-state index in [2.05, 4.69) is 27.4 Å². The first-order valence-corrected chi connectivity index (χ1v) is 9.83. The highest BCUT2D eigenvalue weighted by atomic mass is 127.